The monoisotopic (exact) mass is 355 g/mol. The Morgan fingerprint density at radius 3 is 2.71 bits per heavy atom. The minimum atomic E-state index is -0.745. The first-order chi connectivity index (χ1) is 9.85. The van der Waals surface area contributed by atoms with E-state index in [1.54, 1.807) is 19.1 Å². The highest BCUT2D eigenvalue weighted by molar-refractivity contribution is 9.10. The van der Waals surface area contributed by atoms with Gasteiger partial charge in [0.25, 0.3) is 0 Å². The third-order valence-corrected chi connectivity index (χ3v) is 4.68. The zero-order valence-electron chi connectivity index (χ0n) is 12.1. The van der Waals surface area contributed by atoms with Crippen LogP contribution in [-0.4, -0.2) is 42.1 Å². The molecule has 5 nitrogen and oxygen atoms in total. The summed E-state index contributed by atoms with van der Waals surface area (Å²) in [4.78, 5) is 24.8. The first kappa shape index (κ1) is 16.0. The van der Waals surface area contributed by atoms with E-state index in [0.717, 1.165) is 16.6 Å². The summed E-state index contributed by atoms with van der Waals surface area (Å²) in [6.07, 6.45) is 0.653. The van der Waals surface area contributed by atoms with Crippen LogP contribution in [0.15, 0.2) is 22.7 Å². The van der Waals surface area contributed by atoms with Gasteiger partial charge in [0.15, 0.2) is 0 Å². The van der Waals surface area contributed by atoms with Crippen LogP contribution in [-0.2, 0) is 16.1 Å². The van der Waals surface area contributed by atoms with Gasteiger partial charge in [-0.15, -0.1) is 0 Å². The van der Waals surface area contributed by atoms with Crippen molar-refractivity contribution in [3.8, 4) is 0 Å². The van der Waals surface area contributed by atoms with Gasteiger partial charge in [-0.25, -0.2) is 4.79 Å². The Bertz CT molecular complexity index is 575. The van der Waals surface area contributed by atoms with Crippen molar-refractivity contribution in [3.63, 3.8) is 0 Å². The number of aliphatic carboxylic acids is 1. The van der Waals surface area contributed by atoms with Crippen molar-refractivity contribution >= 4 is 27.9 Å². The molecule has 0 spiro atoms. The summed E-state index contributed by atoms with van der Waals surface area (Å²) in [5, 5.41) is 9.25. The van der Waals surface area contributed by atoms with Gasteiger partial charge in [0.2, 0.25) is 0 Å². The van der Waals surface area contributed by atoms with Crippen LogP contribution >= 0.6 is 15.9 Å². The molecule has 1 N–H and O–H groups in total. The summed E-state index contributed by atoms with van der Waals surface area (Å²) in [7, 11) is 1.35. The number of rotatable bonds is 4. The Labute approximate surface area is 132 Å². The first-order valence-corrected chi connectivity index (χ1v) is 7.47. The molecule has 1 saturated heterocycles. The lowest BCUT2D eigenvalue weighted by Gasteiger charge is -2.20. The smallest absolute Gasteiger partial charge is 0.337 e. The summed E-state index contributed by atoms with van der Waals surface area (Å²) < 4.78 is 5.51. The number of nitrogens with zero attached hydrogens (tertiary/aromatic N) is 1. The van der Waals surface area contributed by atoms with Crippen molar-refractivity contribution in [1.82, 2.24) is 4.90 Å². The fraction of sp³-hybridized carbons (Fsp3) is 0.467. The standard InChI is InChI=1S/C15H18BrNO4/c1-15(14(19)20)5-6-17(9-15)8-11-4-3-10(7-12(11)16)13(18)21-2/h3-4,7H,5-6,8-9H2,1-2H3,(H,19,20). The molecule has 1 aliphatic heterocycles. The van der Waals surface area contributed by atoms with Crippen LogP contribution in [0, 0.1) is 5.41 Å². The van der Waals surface area contributed by atoms with E-state index < -0.39 is 11.4 Å². The molecule has 21 heavy (non-hydrogen) atoms. The van der Waals surface area contributed by atoms with Crippen molar-refractivity contribution < 1.29 is 19.4 Å². The Morgan fingerprint density at radius 1 is 1.48 bits per heavy atom. The lowest BCUT2D eigenvalue weighted by Crippen LogP contribution is -2.31. The Balaban J connectivity index is 2.08. The van der Waals surface area contributed by atoms with Gasteiger partial charge in [0.1, 0.15) is 0 Å². The average molecular weight is 356 g/mol. The van der Waals surface area contributed by atoms with Crippen LogP contribution in [0.5, 0.6) is 0 Å². The summed E-state index contributed by atoms with van der Waals surface area (Å²) in [5.74, 6) is -1.12. The number of carbonyl (C=O) groups is 2. The Kier molecular flexibility index (Phi) is 4.68. The lowest BCUT2D eigenvalue weighted by molar-refractivity contribution is -0.147. The molecule has 0 aromatic heterocycles. The molecule has 114 valence electrons. The van der Waals surface area contributed by atoms with Crippen LogP contribution in [0.3, 0.4) is 0 Å². The summed E-state index contributed by atoms with van der Waals surface area (Å²) in [6.45, 7) is 3.73. The van der Waals surface area contributed by atoms with Gasteiger partial charge in [-0.2, -0.15) is 0 Å². The summed E-state index contributed by atoms with van der Waals surface area (Å²) in [5.41, 5.74) is 0.848. The molecular formula is C15H18BrNO4. The van der Waals surface area contributed by atoms with E-state index in [2.05, 4.69) is 25.6 Å². The average Bonchev–Trinajstić information content (AvgIpc) is 2.83. The van der Waals surface area contributed by atoms with E-state index in [-0.39, 0.29) is 5.97 Å². The zero-order valence-corrected chi connectivity index (χ0v) is 13.6. The third-order valence-electron chi connectivity index (χ3n) is 3.94. The molecule has 0 bridgehead atoms. The maximum atomic E-state index is 11.5. The van der Waals surface area contributed by atoms with Crippen LogP contribution in [0.4, 0.5) is 0 Å². The normalized spacial score (nSPS) is 22.2. The molecule has 0 aliphatic carbocycles. The number of esters is 1. The first-order valence-electron chi connectivity index (χ1n) is 6.68. The molecule has 1 atom stereocenters. The number of hydrogen-bond donors (Lipinski definition) is 1. The molecule has 1 aromatic carbocycles. The van der Waals surface area contributed by atoms with E-state index in [1.165, 1.54) is 7.11 Å². The predicted molar refractivity (Wildman–Crippen MR) is 81.1 cm³/mol. The van der Waals surface area contributed by atoms with E-state index in [9.17, 15) is 14.7 Å². The largest absolute Gasteiger partial charge is 0.481 e. The van der Waals surface area contributed by atoms with Crippen molar-refractivity contribution in [2.45, 2.75) is 19.9 Å². The van der Waals surface area contributed by atoms with E-state index in [4.69, 9.17) is 0 Å². The Morgan fingerprint density at radius 2 is 2.19 bits per heavy atom. The van der Waals surface area contributed by atoms with Gasteiger partial charge in [-0.3, -0.25) is 9.69 Å². The van der Waals surface area contributed by atoms with Crippen molar-refractivity contribution in [2.24, 2.45) is 5.41 Å². The highest BCUT2D eigenvalue weighted by Gasteiger charge is 2.40. The highest BCUT2D eigenvalue weighted by atomic mass is 79.9. The number of hydrogen-bond acceptors (Lipinski definition) is 4. The molecule has 1 unspecified atom stereocenters. The minimum absolute atomic E-state index is 0.373. The fourth-order valence-electron chi connectivity index (χ4n) is 2.53. The fourth-order valence-corrected chi connectivity index (χ4v) is 3.03. The maximum Gasteiger partial charge on any atom is 0.337 e. The van der Waals surface area contributed by atoms with E-state index >= 15 is 0 Å². The quantitative estimate of drug-likeness (QED) is 0.840. The highest BCUT2D eigenvalue weighted by Crippen LogP contribution is 2.32. The number of carboxylic acid groups (broad SMARTS) is 1. The number of benzene rings is 1. The van der Waals surface area contributed by atoms with Gasteiger partial charge in [0, 0.05) is 17.6 Å². The number of methoxy groups -OCH3 is 1. The molecule has 0 radical (unpaired) electrons. The van der Waals surface area contributed by atoms with E-state index in [1.807, 2.05) is 6.07 Å². The molecule has 1 aliphatic rings. The van der Waals surface area contributed by atoms with Crippen LogP contribution < -0.4 is 0 Å². The van der Waals surface area contributed by atoms with Crippen LogP contribution in [0.25, 0.3) is 0 Å². The molecular weight excluding hydrogens is 338 g/mol. The second-order valence-electron chi connectivity index (χ2n) is 5.62. The topological polar surface area (TPSA) is 66.8 Å². The number of ether oxygens (including phenoxy) is 1. The third kappa shape index (κ3) is 3.44. The van der Waals surface area contributed by atoms with Gasteiger partial charge >= 0.3 is 11.9 Å². The Hall–Kier alpha value is -1.40. The maximum absolute atomic E-state index is 11.5. The number of halogens is 1. The predicted octanol–water partition coefficient (Wildman–Crippen LogP) is 2.53. The second-order valence-corrected chi connectivity index (χ2v) is 6.48. The van der Waals surface area contributed by atoms with Gasteiger partial charge in [-0.05, 0) is 37.6 Å². The lowest BCUT2D eigenvalue weighted by atomic mass is 9.90. The van der Waals surface area contributed by atoms with E-state index in [0.29, 0.717) is 25.1 Å². The minimum Gasteiger partial charge on any atom is -0.481 e. The van der Waals surface area contributed by atoms with Gasteiger partial charge in [-0.1, -0.05) is 22.0 Å². The van der Waals surface area contributed by atoms with Gasteiger partial charge in [0.05, 0.1) is 18.1 Å². The van der Waals surface area contributed by atoms with Crippen molar-refractivity contribution in [3.05, 3.63) is 33.8 Å². The molecule has 2 rings (SSSR count). The zero-order chi connectivity index (χ0) is 15.6. The molecule has 6 heteroatoms. The number of carbonyl (C=O) groups excluding carboxylic acids is 1. The summed E-state index contributed by atoms with van der Waals surface area (Å²) >= 11 is 3.46. The van der Waals surface area contributed by atoms with Crippen molar-refractivity contribution in [2.75, 3.05) is 20.2 Å². The SMILES string of the molecule is COC(=O)c1ccc(CN2CCC(C)(C(=O)O)C2)c(Br)c1. The molecule has 0 saturated carbocycles. The molecule has 0 amide bonds. The summed E-state index contributed by atoms with van der Waals surface area (Å²) in [6, 6.07) is 5.32. The molecule has 1 fully saturated rings. The number of likely N-dealkylation sites (tertiary alicyclic amines) is 1. The van der Waals surface area contributed by atoms with Crippen molar-refractivity contribution in [1.29, 1.82) is 0 Å². The number of carboxylic acids is 1. The van der Waals surface area contributed by atoms with Gasteiger partial charge < -0.3 is 9.84 Å². The van der Waals surface area contributed by atoms with Crippen LogP contribution in [0.1, 0.15) is 29.3 Å². The van der Waals surface area contributed by atoms with Crippen LogP contribution in [0.2, 0.25) is 0 Å². The molecule has 1 aromatic rings. The second kappa shape index (κ2) is 6.15. The molecule has 1 heterocycles.